The van der Waals surface area contributed by atoms with E-state index in [4.69, 9.17) is 5.73 Å². The molecule has 2 aliphatic carbocycles. The Morgan fingerprint density at radius 3 is 2.72 bits per heavy atom. The van der Waals surface area contributed by atoms with Gasteiger partial charge in [0.1, 0.15) is 0 Å². The minimum Gasteiger partial charge on any atom is -0.388 e. The van der Waals surface area contributed by atoms with Crippen LogP contribution in [0.1, 0.15) is 39.0 Å². The number of carbonyl (C=O) groups is 1. The van der Waals surface area contributed by atoms with Crippen molar-refractivity contribution in [2.75, 3.05) is 13.1 Å². The molecule has 5 unspecified atom stereocenters. The molecule has 0 aromatic carbocycles. The molecule has 2 saturated carbocycles. The van der Waals surface area contributed by atoms with Crippen LogP contribution in [0.15, 0.2) is 0 Å². The van der Waals surface area contributed by atoms with Crippen molar-refractivity contribution in [2.24, 2.45) is 23.5 Å². The summed E-state index contributed by atoms with van der Waals surface area (Å²) in [6, 6.07) is 0.0584. The van der Waals surface area contributed by atoms with Gasteiger partial charge in [-0.1, -0.05) is 0 Å². The van der Waals surface area contributed by atoms with Crippen LogP contribution in [0.5, 0.6) is 0 Å². The summed E-state index contributed by atoms with van der Waals surface area (Å²) in [7, 11) is 0. The maximum absolute atomic E-state index is 12.6. The first kappa shape index (κ1) is 12.4. The fraction of sp³-hybridized carbons (Fsp3) is 0.929. The smallest absolute Gasteiger partial charge is 0.227 e. The fourth-order valence-corrected chi connectivity index (χ4v) is 4.32. The molecule has 0 aromatic rings. The molecular weight excluding hydrogens is 228 g/mol. The predicted molar refractivity (Wildman–Crippen MR) is 68.7 cm³/mol. The van der Waals surface area contributed by atoms with Gasteiger partial charge in [0.15, 0.2) is 0 Å². The Labute approximate surface area is 109 Å². The topological polar surface area (TPSA) is 66.6 Å². The molecule has 0 aromatic heterocycles. The van der Waals surface area contributed by atoms with Crippen LogP contribution in [-0.4, -0.2) is 40.6 Å². The first-order chi connectivity index (χ1) is 8.48. The summed E-state index contributed by atoms with van der Waals surface area (Å²) in [6.45, 7) is 3.09. The van der Waals surface area contributed by atoms with Gasteiger partial charge in [0.2, 0.25) is 5.91 Å². The normalized spacial score (nSPS) is 47.6. The quantitative estimate of drug-likeness (QED) is 0.723. The van der Waals surface area contributed by atoms with Crippen LogP contribution in [0.2, 0.25) is 0 Å². The Bertz CT molecular complexity index is 354. The molecular formula is C14H24N2O2. The predicted octanol–water partition coefficient (Wildman–Crippen LogP) is 0.733. The second kappa shape index (κ2) is 4.20. The Hall–Kier alpha value is -0.610. The van der Waals surface area contributed by atoms with Gasteiger partial charge in [-0.3, -0.25) is 4.79 Å². The first-order valence-corrected chi connectivity index (χ1v) is 7.25. The number of hydrogen-bond donors (Lipinski definition) is 2. The average Bonchev–Trinajstić information content (AvgIpc) is 2.87. The molecule has 3 N–H and O–H groups in total. The fourth-order valence-electron chi connectivity index (χ4n) is 4.32. The van der Waals surface area contributed by atoms with Gasteiger partial charge in [-0.2, -0.15) is 0 Å². The minimum absolute atomic E-state index is 0.0256. The lowest BCUT2D eigenvalue weighted by Crippen LogP contribution is -2.53. The third-order valence-electron chi connectivity index (χ3n) is 5.25. The van der Waals surface area contributed by atoms with E-state index in [9.17, 15) is 9.90 Å². The highest BCUT2D eigenvalue weighted by molar-refractivity contribution is 5.80. The second-order valence-electron chi connectivity index (χ2n) is 6.80. The van der Waals surface area contributed by atoms with Gasteiger partial charge in [0.05, 0.1) is 11.5 Å². The first-order valence-electron chi connectivity index (χ1n) is 7.25. The highest BCUT2D eigenvalue weighted by atomic mass is 16.3. The molecule has 102 valence electrons. The molecule has 1 aliphatic heterocycles. The number of nitrogens with zero attached hydrogens (tertiary/aromatic N) is 1. The molecule has 18 heavy (non-hydrogen) atoms. The van der Waals surface area contributed by atoms with Crippen LogP contribution >= 0.6 is 0 Å². The highest BCUT2D eigenvalue weighted by Crippen LogP contribution is 2.48. The van der Waals surface area contributed by atoms with Crippen LogP contribution in [-0.2, 0) is 4.79 Å². The number of likely N-dealkylation sites (tertiary alicyclic amines) is 1. The summed E-state index contributed by atoms with van der Waals surface area (Å²) in [5.41, 5.74) is 5.52. The number of β-amino-alcohol motifs (C(OH)–C–C–N with tert-alkyl or cyclic N) is 1. The Morgan fingerprint density at radius 2 is 2.11 bits per heavy atom. The molecule has 3 rings (SSSR count). The van der Waals surface area contributed by atoms with E-state index in [1.54, 1.807) is 0 Å². The molecule has 4 nitrogen and oxygen atoms in total. The van der Waals surface area contributed by atoms with Crippen molar-refractivity contribution >= 4 is 5.91 Å². The van der Waals surface area contributed by atoms with Gasteiger partial charge in [-0.05, 0) is 50.9 Å². The van der Waals surface area contributed by atoms with E-state index >= 15 is 0 Å². The monoisotopic (exact) mass is 252 g/mol. The Kier molecular flexibility index (Phi) is 2.90. The van der Waals surface area contributed by atoms with Crippen molar-refractivity contribution in [3.8, 4) is 0 Å². The summed E-state index contributed by atoms with van der Waals surface area (Å²) in [5.74, 6) is 1.30. The Balaban J connectivity index is 1.71. The van der Waals surface area contributed by atoms with Crippen LogP contribution in [0.3, 0.4) is 0 Å². The molecule has 1 amide bonds. The minimum atomic E-state index is -0.713. The second-order valence-corrected chi connectivity index (χ2v) is 6.80. The largest absolute Gasteiger partial charge is 0.388 e. The molecule has 0 radical (unpaired) electrons. The number of aliphatic hydroxyl groups is 1. The van der Waals surface area contributed by atoms with Crippen LogP contribution < -0.4 is 5.73 Å². The highest BCUT2D eigenvalue weighted by Gasteiger charge is 2.50. The van der Waals surface area contributed by atoms with Crippen LogP contribution in [0.4, 0.5) is 0 Å². The van der Waals surface area contributed by atoms with Crippen molar-refractivity contribution in [2.45, 2.75) is 50.7 Å². The molecule has 3 fully saturated rings. The lowest BCUT2D eigenvalue weighted by Gasteiger charge is -2.40. The van der Waals surface area contributed by atoms with Gasteiger partial charge >= 0.3 is 0 Å². The lowest BCUT2D eigenvalue weighted by atomic mass is 9.83. The number of hydrogen-bond acceptors (Lipinski definition) is 3. The number of rotatable bonds is 1. The third kappa shape index (κ3) is 1.95. The van der Waals surface area contributed by atoms with E-state index in [0.717, 1.165) is 25.8 Å². The van der Waals surface area contributed by atoms with Gasteiger partial charge in [0.25, 0.3) is 0 Å². The standard InChI is InChI=1S/C14H24N2O2/c1-14(18)5-2-6-16(8-14)13(17)11-9-3-4-10(7-9)12(11)15/h9-12,18H,2-8,15H2,1H3. The van der Waals surface area contributed by atoms with E-state index in [2.05, 4.69) is 0 Å². The van der Waals surface area contributed by atoms with Crippen LogP contribution in [0.25, 0.3) is 0 Å². The molecule has 1 saturated heterocycles. The third-order valence-corrected chi connectivity index (χ3v) is 5.25. The summed E-state index contributed by atoms with van der Waals surface area (Å²) in [4.78, 5) is 14.5. The van der Waals surface area contributed by atoms with Crippen molar-refractivity contribution in [1.29, 1.82) is 0 Å². The van der Waals surface area contributed by atoms with Gasteiger partial charge < -0.3 is 15.7 Å². The summed E-state index contributed by atoms with van der Waals surface area (Å²) in [6.07, 6.45) is 5.20. The Morgan fingerprint density at radius 1 is 1.39 bits per heavy atom. The number of carbonyl (C=O) groups excluding carboxylic acids is 1. The van der Waals surface area contributed by atoms with E-state index in [1.807, 2.05) is 11.8 Å². The molecule has 3 aliphatic rings. The zero-order valence-electron chi connectivity index (χ0n) is 11.1. The molecule has 5 atom stereocenters. The van der Waals surface area contributed by atoms with Crippen molar-refractivity contribution in [3.05, 3.63) is 0 Å². The van der Waals surface area contributed by atoms with E-state index in [1.165, 1.54) is 12.8 Å². The summed E-state index contributed by atoms with van der Waals surface area (Å²) in [5, 5.41) is 10.1. The summed E-state index contributed by atoms with van der Waals surface area (Å²) < 4.78 is 0. The maximum atomic E-state index is 12.6. The van der Waals surface area contributed by atoms with Crippen molar-refractivity contribution < 1.29 is 9.90 Å². The maximum Gasteiger partial charge on any atom is 0.227 e. The van der Waals surface area contributed by atoms with E-state index in [-0.39, 0.29) is 17.9 Å². The lowest BCUT2D eigenvalue weighted by molar-refractivity contribution is -0.144. The van der Waals surface area contributed by atoms with Crippen LogP contribution in [0, 0.1) is 17.8 Å². The molecule has 0 spiro atoms. The number of fused-ring (bicyclic) bond motifs is 2. The average molecular weight is 252 g/mol. The van der Waals surface area contributed by atoms with Gasteiger partial charge in [-0.15, -0.1) is 0 Å². The summed E-state index contributed by atoms with van der Waals surface area (Å²) >= 11 is 0. The molecule has 2 bridgehead atoms. The van der Waals surface area contributed by atoms with Crippen molar-refractivity contribution in [3.63, 3.8) is 0 Å². The SMILES string of the molecule is CC1(O)CCCN(C(=O)C2C3CCC(C3)C2N)C1. The van der Waals surface area contributed by atoms with Gasteiger partial charge in [0, 0.05) is 19.1 Å². The zero-order chi connectivity index (χ0) is 12.9. The zero-order valence-corrected chi connectivity index (χ0v) is 11.1. The number of piperidine rings is 1. The number of amides is 1. The van der Waals surface area contributed by atoms with E-state index in [0.29, 0.717) is 18.4 Å². The number of nitrogens with two attached hydrogens (primary N) is 1. The molecule has 4 heteroatoms. The van der Waals surface area contributed by atoms with Crippen molar-refractivity contribution in [1.82, 2.24) is 4.90 Å². The molecule has 1 heterocycles. The van der Waals surface area contributed by atoms with E-state index < -0.39 is 5.60 Å². The van der Waals surface area contributed by atoms with Gasteiger partial charge in [-0.25, -0.2) is 0 Å².